The molecule has 1 aliphatic carbocycles. The molecule has 0 atom stereocenters. The van der Waals surface area contributed by atoms with Gasteiger partial charge in [0.05, 0.1) is 5.69 Å². The van der Waals surface area contributed by atoms with E-state index in [1.54, 1.807) is 22.8 Å². The van der Waals surface area contributed by atoms with Crippen LogP contribution in [-0.4, -0.2) is 32.6 Å². The van der Waals surface area contributed by atoms with E-state index in [-0.39, 0.29) is 5.91 Å². The van der Waals surface area contributed by atoms with Crippen molar-refractivity contribution in [1.82, 2.24) is 14.6 Å². The number of hydrogen-bond donors (Lipinski definition) is 4. The van der Waals surface area contributed by atoms with E-state index in [4.69, 9.17) is 5.73 Å². The van der Waals surface area contributed by atoms with Gasteiger partial charge in [-0.2, -0.15) is 0 Å². The number of anilines is 4. The first-order valence-electron chi connectivity index (χ1n) is 11.2. The van der Waals surface area contributed by atoms with Crippen molar-refractivity contribution >= 4 is 34.4 Å². The Hall–Kier alpha value is -3.91. The van der Waals surface area contributed by atoms with E-state index in [1.165, 1.54) is 0 Å². The maximum absolute atomic E-state index is 12.5. The molecule has 2 aromatic carbocycles. The maximum Gasteiger partial charge on any atom is 0.255 e. The highest BCUT2D eigenvalue weighted by Crippen LogP contribution is 2.26. The number of amides is 1. The lowest BCUT2D eigenvalue weighted by atomic mass is 9.92. The first-order valence-corrected chi connectivity index (χ1v) is 11.2. The molecule has 0 radical (unpaired) electrons. The van der Waals surface area contributed by atoms with Gasteiger partial charge >= 0.3 is 0 Å². The van der Waals surface area contributed by atoms with E-state index in [0.717, 1.165) is 54.2 Å². The van der Waals surface area contributed by atoms with Gasteiger partial charge < -0.3 is 21.7 Å². The van der Waals surface area contributed by atoms with Gasteiger partial charge in [-0.3, -0.25) is 4.79 Å². The second kappa shape index (κ2) is 9.30. The quantitative estimate of drug-likeness (QED) is 0.353. The van der Waals surface area contributed by atoms with Crippen molar-refractivity contribution < 1.29 is 4.79 Å². The molecule has 33 heavy (non-hydrogen) atoms. The summed E-state index contributed by atoms with van der Waals surface area (Å²) in [6.45, 7) is 0. The van der Waals surface area contributed by atoms with E-state index in [1.807, 2.05) is 54.7 Å². The average molecular weight is 442 g/mol. The summed E-state index contributed by atoms with van der Waals surface area (Å²) >= 11 is 0. The van der Waals surface area contributed by atoms with Gasteiger partial charge in [0.25, 0.3) is 5.91 Å². The van der Waals surface area contributed by atoms with Crippen LogP contribution in [0.3, 0.4) is 0 Å². The molecule has 2 heterocycles. The SMILES string of the molecule is N[C@H]1CC[C@H](Nc2cc(Nc3ccc(C(=O)Nc4ccccc4)cc3)c3nccn3n2)CC1. The number of hydrogen-bond acceptors (Lipinski definition) is 6. The molecule has 1 aliphatic rings. The minimum Gasteiger partial charge on any atom is -0.366 e. The third kappa shape index (κ3) is 4.96. The average Bonchev–Trinajstić information content (AvgIpc) is 3.31. The molecule has 1 saturated carbocycles. The Morgan fingerprint density at radius 3 is 2.48 bits per heavy atom. The zero-order chi connectivity index (χ0) is 22.6. The number of aromatic nitrogens is 3. The first kappa shape index (κ1) is 21.0. The third-order valence-corrected chi connectivity index (χ3v) is 5.94. The molecule has 0 spiro atoms. The summed E-state index contributed by atoms with van der Waals surface area (Å²) in [6, 6.07) is 19.4. The van der Waals surface area contributed by atoms with Gasteiger partial charge in [-0.1, -0.05) is 18.2 Å². The molecular weight excluding hydrogens is 414 g/mol. The van der Waals surface area contributed by atoms with Crippen molar-refractivity contribution in [2.75, 3.05) is 16.0 Å². The van der Waals surface area contributed by atoms with Gasteiger partial charge in [0.1, 0.15) is 5.82 Å². The van der Waals surface area contributed by atoms with Crippen molar-refractivity contribution in [2.24, 2.45) is 5.73 Å². The summed E-state index contributed by atoms with van der Waals surface area (Å²) in [4.78, 5) is 16.9. The van der Waals surface area contributed by atoms with Crippen LogP contribution in [0.2, 0.25) is 0 Å². The normalized spacial score (nSPS) is 18.1. The third-order valence-electron chi connectivity index (χ3n) is 5.94. The predicted molar refractivity (Wildman–Crippen MR) is 131 cm³/mol. The molecule has 0 bridgehead atoms. The summed E-state index contributed by atoms with van der Waals surface area (Å²) in [7, 11) is 0. The summed E-state index contributed by atoms with van der Waals surface area (Å²) in [5.74, 6) is 0.647. The van der Waals surface area contributed by atoms with E-state index >= 15 is 0 Å². The van der Waals surface area contributed by atoms with Gasteiger partial charge in [-0.25, -0.2) is 9.50 Å². The monoisotopic (exact) mass is 441 g/mol. The zero-order valence-corrected chi connectivity index (χ0v) is 18.2. The highest BCUT2D eigenvalue weighted by molar-refractivity contribution is 6.04. The Balaban J connectivity index is 1.31. The lowest BCUT2D eigenvalue weighted by Crippen LogP contribution is -2.33. The summed E-state index contributed by atoms with van der Waals surface area (Å²) in [5.41, 5.74) is 9.82. The van der Waals surface area contributed by atoms with Crippen molar-refractivity contribution in [3.63, 3.8) is 0 Å². The molecule has 1 fully saturated rings. The van der Waals surface area contributed by atoms with Crippen LogP contribution >= 0.6 is 0 Å². The molecule has 0 unspecified atom stereocenters. The number of rotatable bonds is 6. The number of carbonyl (C=O) groups excluding carboxylic acids is 1. The smallest absolute Gasteiger partial charge is 0.255 e. The Morgan fingerprint density at radius 2 is 1.73 bits per heavy atom. The molecule has 2 aromatic heterocycles. The number of fused-ring (bicyclic) bond motifs is 1. The standard InChI is InChI=1S/C25H27N7O/c26-18-8-12-21(13-9-18)29-23-16-22(24-27-14-15-32(24)31-23)28-20-10-6-17(7-11-20)25(33)30-19-4-2-1-3-5-19/h1-7,10-11,14-16,18,21,28H,8-9,12-13,26H2,(H,29,31)(H,30,33)/t18-,21-. The molecule has 0 aliphatic heterocycles. The Kier molecular flexibility index (Phi) is 5.91. The van der Waals surface area contributed by atoms with Gasteiger partial charge in [0.15, 0.2) is 5.65 Å². The fourth-order valence-electron chi connectivity index (χ4n) is 4.14. The minimum absolute atomic E-state index is 0.147. The second-order valence-corrected chi connectivity index (χ2v) is 8.42. The lowest BCUT2D eigenvalue weighted by molar-refractivity contribution is 0.102. The van der Waals surface area contributed by atoms with Crippen LogP contribution in [0.1, 0.15) is 36.0 Å². The van der Waals surface area contributed by atoms with Crippen LogP contribution in [0, 0.1) is 0 Å². The Labute approximate surface area is 192 Å². The van der Waals surface area contributed by atoms with Crippen LogP contribution in [0.15, 0.2) is 73.1 Å². The molecule has 8 heteroatoms. The van der Waals surface area contributed by atoms with Crippen LogP contribution < -0.4 is 21.7 Å². The minimum atomic E-state index is -0.147. The Bertz CT molecular complexity index is 1230. The molecule has 5 rings (SSSR count). The van der Waals surface area contributed by atoms with Crippen LogP contribution in [-0.2, 0) is 0 Å². The van der Waals surface area contributed by atoms with Crippen molar-refractivity contribution in [2.45, 2.75) is 37.8 Å². The predicted octanol–water partition coefficient (Wildman–Crippen LogP) is 4.41. The molecule has 4 aromatic rings. The molecule has 168 valence electrons. The zero-order valence-electron chi connectivity index (χ0n) is 18.2. The molecule has 5 N–H and O–H groups in total. The number of imidazole rings is 1. The van der Waals surface area contributed by atoms with E-state index in [9.17, 15) is 4.79 Å². The first-order chi connectivity index (χ1) is 16.1. The molecule has 1 amide bonds. The fraction of sp³-hybridized carbons (Fsp3) is 0.240. The second-order valence-electron chi connectivity index (χ2n) is 8.42. The largest absolute Gasteiger partial charge is 0.366 e. The van der Waals surface area contributed by atoms with Crippen LogP contribution in [0.4, 0.5) is 22.9 Å². The van der Waals surface area contributed by atoms with Crippen molar-refractivity contribution in [1.29, 1.82) is 0 Å². The van der Waals surface area contributed by atoms with Crippen molar-refractivity contribution in [3.05, 3.63) is 78.6 Å². The summed E-state index contributed by atoms with van der Waals surface area (Å²) in [5, 5.41) is 14.5. The lowest BCUT2D eigenvalue weighted by Gasteiger charge is -2.27. The summed E-state index contributed by atoms with van der Waals surface area (Å²) < 4.78 is 1.76. The van der Waals surface area contributed by atoms with Gasteiger partial charge in [0.2, 0.25) is 0 Å². The van der Waals surface area contributed by atoms with E-state index in [2.05, 4.69) is 26.0 Å². The Morgan fingerprint density at radius 1 is 0.970 bits per heavy atom. The number of carbonyl (C=O) groups is 1. The fourth-order valence-corrected chi connectivity index (χ4v) is 4.14. The number of benzene rings is 2. The molecule has 0 saturated heterocycles. The topological polar surface area (TPSA) is 109 Å². The van der Waals surface area contributed by atoms with E-state index < -0.39 is 0 Å². The van der Waals surface area contributed by atoms with E-state index in [0.29, 0.717) is 17.6 Å². The number of para-hydroxylation sites is 1. The van der Waals surface area contributed by atoms with Gasteiger partial charge in [0, 0.05) is 47.5 Å². The highest BCUT2D eigenvalue weighted by Gasteiger charge is 2.19. The highest BCUT2D eigenvalue weighted by atomic mass is 16.1. The molecular formula is C25H27N7O. The van der Waals surface area contributed by atoms with Crippen LogP contribution in [0.5, 0.6) is 0 Å². The molecule has 8 nitrogen and oxygen atoms in total. The van der Waals surface area contributed by atoms with Crippen LogP contribution in [0.25, 0.3) is 5.65 Å². The van der Waals surface area contributed by atoms with Gasteiger partial charge in [-0.15, -0.1) is 5.10 Å². The number of nitrogens with two attached hydrogens (primary N) is 1. The summed E-state index contributed by atoms with van der Waals surface area (Å²) in [6.07, 6.45) is 7.70. The number of nitrogens with zero attached hydrogens (tertiary/aromatic N) is 3. The van der Waals surface area contributed by atoms with Gasteiger partial charge in [-0.05, 0) is 62.1 Å². The maximum atomic E-state index is 12.5. The van der Waals surface area contributed by atoms with Crippen molar-refractivity contribution in [3.8, 4) is 0 Å². The number of nitrogens with one attached hydrogen (secondary N) is 3.